The summed E-state index contributed by atoms with van der Waals surface area (Å²) in [6.45, 7) is 4.20. The predicted molar refractivity (Wildman–Crippen MR) is 84.9 cm³/mol. The first kappa shape index (κ1) is 15.1. The van der Waals surface area contributed by atoms with Gasteiger partial charge in [0.25, 0.3) is 0 Å². The van der Waals surface area contributed by atoms with Crippen molar-refractivity contribution >= 4 is 17.4 Å². The summed E-state index contributed by atoms with van der Waals surface area (Å²) in [4.78, 5) is 14.3. The maximum Gasteiger partial charge on any atom is 0.318 e. The van der Waals surface area contributed by atoms with Crippen molar-refractivity contribution in [1.82, 2.24) is 10.2 Å². The quantitative estimate of drug-likeness (QED) is 0.941. The van der Waals surface area contributed by atoms with E-state index in [0.717, 1.165) is 23.5 Å². The number of morpholine rings is 1. The Morgan fingerprint density at radius 2 is 2.36 bits per heavy atom. The van der Waals surface area contributed by atoms with Crippen LogP contribution in [0.3, 0.4) is 0 Å². The molecule has 0 spiro atoms. The zero-order chi connectivity index (χ0) is 15.4. The number of carbonyl (C=O) groups excluding carboxylic acids is 1. The third kappa shape index (κ3) is 3.34. The van der Waals surface area contributed by atoms with E-state index in [1.807, 2.05) is 35.9 Å². The number of hydrogen-bond acceptors (Lipinski definition) is 4. The van der Waals surface area contributed by atoms with Gasteiger partial charge in [0.2, 0.25) is 0 Å². The normalized spacial score (nSPS) is 18.4. The molecule has 1 fully saturated rings. The standard InChI is InChI=1S/C16H20N2O3S/c1-2-13-3-4-15(21-13)14-10-20-7-6-18(14)16(19)17-9-12-5-8-22-11-12/h3-5,8,11,14H,2,6-7,9-10H2,1H3,(H,17,19)/t14-/m0/s1. The summed E-state index contributed by atoms with van der Waals surface area (Å²) in [7, 11) is 0. The molecule has 3 heterocycles. The monoisotopic (exact) mass is 320 g/mol. The van der Waals surface area contributed by atoms with E-state index in [1.165, 1.54) is 0 Å². The smallest absolute Gasteiger partial charge is 0.318 e. The lowest BCUT2D eigenvalue weighted by atomic mass is 10.2. The van der Waals surface area contributed by atoms with E-state index in [-0.39, 0.29) is 12.1 Å². The number of amides is 2. The molecule has 1 atom stereocenters. The van der Waals surface area contributed by atoms with Crippen LogP contribution in [-0.4, -0.2) is 30.7 Å². The highest BCUT2D eigenvalue weighted by atomic mass is 32.1. The summed E-state index contributed by atoms with van der Waals surface area (Å²) < 4.78 is 11.3. The summed E-state index contributed by atoms with van der Waals surface area (Å²) in [5.41, 5.74) is 1.12. The Labute approximate surface area is 133 Å². The van der Waals surface area contributed by atoms with Gasteiger partial charge in [0.15, 0.2) is 0 Å². The van der Waals surface area contributed by atoms with Crippen LogP contribution in [-0.2, 0) is 17.7 Å². The SMILES string of the molecule is CCc1ccc([C@@H]2COCCN2C(=O)NCc2ccsc2)o1. The summed E-state index contributed by atoms with van der Waals surface area (Å²) in [6.07, 6.45) is 0.845. The Morgan fingerprint density at radius 3 is 3.09 bits per heavy atom. The largest absolute Gasteiger partial charge is 0.464 e. The van der Waals surface area contributed by atoms with Gasteiger partial charge in [-0.25, -0.2) is 4.79 Å². The number of furan rings is 1. The Morgan fingerprint density at radius 1 is 1.45 bits per heavy atom. The van der Waals surface area contributed by atoms with Crippen LogP contribution in [0.1, 0.15) is 30.0 Å². The zero-order valence-corrected chi connectivity index (χ0v) is 13.4. The second-order valence-electron chi connectivity index (χ2n) is 5.23. The summed E-state index contributed by atoms with van der Waals surface area (Å²) >= 11 is 1.63. The van der Waals surface area contributed by atoms with Gasteiger partial charge >= 0.3 is 6.03 Å². The van der Waals surface area contributed by atoms with Crippen molar-refractivity contribution in [3.05, 3.63) is 46.0 Å². The number of carbonyl (C=O) groups is 1. The topological polar surface area (TPSA) is 54.7 Å². The van der Waals surface area contributed by atoms with Crippen LogP contribution in [0.5, 0.6) is 0 Å². The lowest BCUT2D eigenvalue weighted by Gasteiger charge is -2.34. The van der Waals surface area contributed by atoms with Gasteiger partial charge in [-0.1, -0.05) is 6.92 Å². The average Bonchev–Trinajstić information content (AvgIpc) is 3.24. The van der Waals surface area contributed by atoms with E-state index in [9.17, 15) is 4.79 Å². The first-order valence-electron chi connectivity index (χ1n) is 7.50. The van der Waals surface area contributed by atoms with Crippen LogP contribution >= 0.6 is 11.3 Å². The molecule has 0 unspecified atom stereocenters. The minimum absolute atomic E-state index is 0.0750. The number of aryl methyl sites for hydroxylation is 1. The first-order chi connectivity index (χ1) is 10.8. The molecule has 0 saturated carbocycles. The second-order valence-corrected chi connectivity index (χ2v) is 6.01. The Bertz CT molecular complexity index is 609. The van der Waals surface area contributed by atoms with E-state index in [4.69, 9.17) is 9.15 Å². The molecule has 0 radical (unpaired) electrons. The molecule has 0 bridgehead atoms. The van der Waals surface area contributed by atoms with Crippen molar-refractivity contribution in [2.75, 3.05) is 19.8 Å². The fourth-order valence-electron chi connectivity index (χ4n) is 2.52. The van der Waals surface area contributed by atoms with Crippen molar-refractivity contribution in [1.29, 1.82) is 0 Å². The van der Waals surface area contributed by atoms with E-state index < -0.39 is 0 Å². The summed E-state index contributed by atoms with van der Waals surface area (Å²) in [5.74, 6) is 1.72. The minimum Gasteiger partial charge on any atom is -0.464 e. The lowest BCUT2D eigenvalue weighted by molar-refractivity contribution is 0.00392. The van der Waals surface area contributed by atoms with Crippen molar-refractivity contribution in [3.8, 4) is 0 Å². The highest BCUT2D eigenvalue weighted by molar-refractivity contribution is 7.07. The third-order valence-electron chi connectivity index (χ3n) is 3.77. The number of nitrogens with zero attached hydrogens (tertiary/aromatic N) is 1. The van der Waals surface area contributed by atoms with Gasteiger partial charge in [0.05, 0.1) is 13.2 Å². The molecule has 3 rings (SSSR count). The minimum atomic E-state index is -0.156. The van der Waals surface area contributed by atoms with Gasteiger partial charge in [-0.2, -0.15) is 11.3 Å². The van der Waals surface area contributed by atoms with Crippen LogP contribution in [0.25, 0.3) is 0 Å². The molecule has 1 aliphatic heterocycles. The predicted octanol–water partition coefficient (Wildman–Crippen LogP) is 3.19. The van der Waals surface area contributed by atoms with E-state index in [1.54, 1.807) is 16.2 Å². The molecule has 0 aliphatic carbocycles. The maximum absolute atomic E-state index is 12.5. The van der Waals surface area contributed by atoms with Gasteiger partial charge < -0.3 is 19.4 Å². The molecule has 6 heteroatoms. The van der Waals surface area contributed by atoms with Crippen LogP contribution < -0.4 is 5.32 Å². The number of thiophene rings is 1. The molecule has 2 aromatic heterocycles. The molecular weight excluding hydrogens is 300 g/mol. The molecule has 1 aliphatic rings. The van der Waals surface area contributed by atoms with Crippen molar-refractivity contribution in [2.24, 2.45) is 0 Å². The van der Waals surface area contributed by atoms with E-state index >= 15 is 0 Å². The fraction of sp³-hybridized carbons (Fsp3) is 0.438. The first-order valence-corrected chi connectivity index (χ1v) is 8.44. The highest BCUT2D eigenvalue weighted by Gasteiger charge is 2.30. The number of hydrogen-bond donors (Lipinski definition) is 1. The van der Waals surface area contributed by atoms with Crippen LogP contribution in [0.4, 0.5) is 4.79 Å². The number of rotatable bonds is 4. The van der Waals surface area contributed by atoms with E-state index in [0.29, 0.717) is 26.3 Å². The van der Waals surface area contributed by atoms with Gasteiger partial charge in [-0.05, 0) is 34.5 Å². The van der Waals surface area contributed by atoms with Crippen LogP contribution in [0, 0.1) is 0 Å². The van der Waals surface area contributed by atoms with E-state index in [2.05, 4.69) is 5.32 Å². The number of ether oxygens (including phenoxy) is 1. The second kappa shape index (κ2) is 6.98. The van der Waals surface area contributed by atoms with Crippen LogP contribution in [0.2, 0.25) is 0 Å². The number of nitrogens with one attached hydrogen (secondary N) is 1. The molecule has 1 saturated heterocycles. The van der Waals surface area contributed by atoms with Gasteiger partial charge in [0.1, 0.15) is 17.6 Å². The molecule has 2 amide bonds. The summed E-state index contributed by atoms with van der Waals surface area (Å²) in [5, 5.41) is 7.02. The molecule has 22 heavy (non-hydrogen) atoms. The zero-order valence-electron chi connectivity index (χ0n) is 12.6. The van der Waals surface area contributed by atoms with Crippen LogP contribution in [0.15, 0.2) is 33.4 Å². The molecule has 1 N–H and O–H groups in total. The Balaban J connectivity index is 1.67. The highest BCUT2D eigenvalue weighted by Crippen LogP contribution is 2.26. The fourth-order valence-corrected chi connectivity index (χ4v) is 3.19. The molecule has 118 valence electrons. The van der Waals surface area contributed by atoms with Gasteiger partial charge in [-0.15, -0.1) is 0 Å². The third-order valence-corrected chi connectivity index (χ3v) is 4.50. The molecule has 5 nitrogen and oxygen atoms in total. The average molecular weight is 320 g/mol. The molecular formula is C16H20N2O3S. The van der Waals surface area contributed by atoms with Crippen molar-refractivity contribution in [3.63, 3.8) is 0 Å². The van der Waals surface area contributed by atoms with Crippen molar-refractivity contribution < 1.29 is 13.9 Å². The number of urea groups is 1. The van der Waals surface area contributed by atoms with Gasteiger partial charge in [0, 0.05) is 19.5 Å². The molecule has 2 aromatic rings. The van der Waals surface area contributed by atoms with Crippen molar-refractivity contribution in [2.45, 2.75) is 25.9 Å². The van der Waals surface area contributed by atoms with Gasteiger partial charge in [-0.3, -0.25) is 0 Å². The lowest BCUT2D eigenvalue weighted by Crippen LogP contribution is -2.47. The Kier molecular flexibility index (Phi) is 4.80. The maximum atomic E-state index is 12.5. The summed E-state index contributed by atoms with van der Waals surface area (Å²) in [6, 6.07) is 5.69. The molecule has 0 aromatic carbocycles. The Hall–Kier alpha value is -1.79.